The summed E-state index contributed by atoms with van der Waals surface area (Å²) in [6.07, 6.45) is -0.846. The molecular formula is C11H11F4N3OS. The third-order valence-electron chi connectivity index (χ3n) is 2.40. The molecule has 2 atom stereocenters. The molecule has 4 nitrogen and oxygen atoms in total. The number of rotatable bonds is 6. The van der Waals surface area contributed by atoms with Crippen molar-refractivity contribution in [3.8, 4) is 0 Å². The summed E-state index contributed by atoms with van der Waals surface area (Å²) in [7, 11) is 1.30. The minimum absolute atomic E-state index is 0.0108. The number of nitrogens with zero attached hydrogens (tertiary/aromatic N) is 3. The molecule has 0 heterocycles. The van der Waals surface area contributed by atoms with Crippen LogP contribution in [-0.2, 0) is 4.74 Å². The first kappa shape index (κ1) is 16.6. The van der Waals surface area contributed by atoms with Gasteiger partial charge in [-0.05, 0) is 35.0 Å². The molecule has 1 aromatic carbocycles. The van der Waals surface area contributed by atoms with Crippen molar-refractivity contribution in [2.24, 2.45) is 5.11 Å². The Morgan fingerprint density at radius 1 is 1.35 bits per heavy atom. The molecule has 110 valence electrons. The Bertz CT molecular complexity index is 474. The van der Waals surface area contributed by atoms with Crippen LogP contribution in [0.1, 0.15) is 11.7 Å². The fourth-order valence-electron chi connectivity index (χ4n) is 1.61. The molecule has 0 aromatic heterocycles. The number of thioether (sulfide) groups is 1. The van der Waals surface area contributed by atoms with Crippen LogP contribution >= 0.6 is 11.8 Å². The first-order valence-corrected chi connectivity index (χ1v) is 6.21. The zero-order chi connectivity index (χ0) is 15.2. The predicted molar refractivity (Wildman–Crippen MR) is 67.0 cm³/mol. The molecule has 0 aliphatic heterocycles. The van der Waals surface area contributed by atoms with Crippen molar-refractivity contribution in [2.45, 2.75) is 22.5 Å². The number of methoxy groups -OCH3 is 1. The number of halogens is 4. The number of hydrogen-bond acceptors (Lipinski definition) is 3. The van der Waals surface area contributed by atoms with E-state index in [0.717, 1.165) is 0 Å². The highest BCUT2D eigenvalue weighted by molar-refractivity contribution is 8.00. The first-order valence-electron chi connectivity index (χ1n) is 5.40. The molecule has 0 bridgehead atoms. The Hall–Kier alpha value is -1.44. The zero-order valence-electron chi connectivity index (χ0n) is 10.3. The van der Waals surface area contributed by atoms with E-state index in [0.29, 0.717) is 5.56 Å². The molecule has 0 saturated heterocycles. The fraction of sp³-hybridized carbons (Fsp3) is 0.455. The van der Waals surface area contributed by atoms with Gasteiger partial charge in [-0.25, -0.2) is 0 Å². The van der Waals surface area contributed by atoms with E-state index in [-0.39, 0.29) is 16.7 Å². The molecule has 0 N–H and O–H groups in total. The Balaban J connectivity index is 2.92. The smallest absolute Gasteiger partial charge is 0.376 e. The molecule has 1 aromatic rings. The van der Waals surface area contributed by atoms with Crippen LogP contribution in [0, 0.1) is 0 Å². The number of alkyl halides is 4. The van der Waals surface area contributed by atoms with Crippen LogP contribution in [0.4, 0.5) is 17.6 Å². The topological polar surface area (TPSA) is 58.0 Å². The van der Waals surface area contributed by atoms with Gasteiger partial charge in [0.05, 0.1) is 12.1 Å². The summed E-state index contributed by atoms with van der Waals surface area (Å²) in [6, 6.07) is 4.22. The quantitative estimate of drug-likeness (QED) is 0.253. The van der Waals surface area contributed by atoms with Crippen molar-refractivity contribution in [1.29, 1.82) is 0 Å². The SMILES string of the molecule is CO[C@H](c1ccc(SC(F)(F)F)cc1)[C@@H](CF)N=[N+]=[N-]. The molecular weight excluding hydrogens is 298 g/mol. The third kappa shape index (κ3) is 4.92. The van der Waals surface area contributed by atoms with Gasteiger partial charge in [0.2, 0.25) is 0 Å². The number of azide groups is 1. The third-order valence-corrected chi connectivity index (χ3v) is 3.14. The Morgan fingerprint density at radius 3 is 2.35 bits per heavy atom. The Kier molecular flexibility index (Phi) is 6.12. The monoisotopic (exact) mass is 309 g/mol. The van der Waals surface area contributed by atoms with Gasteiger partial charge >= 0.3 is 5.51 Å². The van der Waals surface area contributed by atoms with E-state index in [1.807, 2.05) is 0 Å². The largest absolute Gasteiger partial charge is 0.446 e. The van der Waals surface area contributed by atoms with E-state index in [1.165, 1.54) is 31.4 Å². The number of benzene rings is 1. The zero-order valence-corrected chi connectivity index (χ0v) is 11.2. The van der Waals surface area contributed by atoms with Crippen LogP contribution < -0.4 is 0 Å². The first-order chi connectivity index (χ1) is 9.41. The summed E-state index contributed by atoms with van der Waals surface area (Å²) in [5.41, 5.74) is 4.41. The maximum atomic E-state index is 12.8. The maximum absolute atomic E-state index is 12.8. The molecule has 0 radical (unpaired) electrons. The van der Waals surface area contributed by atoms with E-state index < -0.39 is 24.3 Å². The van der Waals surface area contributed by atoms with E-state index in [4.69, 9.17) is 10.3 Å². The van der Waals surface area contributed by atoms with Gasteiger partial charge < -0.3 is 4.74 Å². The van der Waals surface area contributed by atoms with Gasteiger partial charge in [-0.2, -0.15) is 13.2 Å². The molecule has 9 heteroatoms. The van der Waals surface area contributed by atoms with Crippen molar-refractivity contribution < 1.29 is 22.3 Å². The molecule has 0 aliphatic rings. The van der Waals surface area contributed by atoms with E-state index in [1.54, 1.807) is 0 Å². The van der Waals surface area contributed by atoms with Crippen molar-refractivity contribution in [2.75, 3.05) is 13.8 Å². The van der Waals surface area contributed by atoms with Crippen LogP contribution in [0.25, 0.3) is 10.4 Å². The standard InChI is InChI=1S/C11H11F4N3OS/c1-19-10(9(6-12)17-18-16)7-2-4-8(5-3-7)20-11(13,14)15/h2-5,9-10H,6H2,1H3/t9-,10-/m1/s1. The van der Waals surface area contributed by atoms with Gasteiger partial charge in [0, 0.05) is 16.9 Å². The van der Waals surface area contributed by atoms with Crippen molar-refractivity contribution in [3.63, 3.8) is 0 Å². The van der Waals surface area contributed by atoms with Crippen LogP contribution in [0.3, 0.4) is 0 Å². The lowest BCUT2D eigenvalue weighted by molar-refractivity contribution is -0.0328. The van der Waals surface area contributed by atoms with Gasteiger partial charge in [0.15, 0.2) is 0 Å². The highest BCUT2D eigenvalue weighted by Gasteiger charge is 2.29. The highest BCUT2D eigenvalue weighted by Crippen LogP contribution is 2.37. The lowest BCUT2D eigenvalue weighted by Gasteiger charge is -2.20. The van der Waals surface area contributed by atoms with E-state index >= 15 is 0 Å². The van der Waals surface area contributed by atoms with Gasteiger partial charge in [0.25, 0.3) is 0 Å². The lowest BCUT2D eigenvalue weighted by atomic mass is 10.0. The molecule has 1 rings (SSSR count). The second kappa shape index (κ2) is 7.37. The number of ether oxygens (including phenoxy) is 1. The lowest BCUT2D eigenvalue weighted by Crippen LogP contribution is -2.20. The summed E-state index contributed by atoms with van der Waals surface area (Å²) in [5.74, 6) is 0. The summed E-state index contributed by atoms with van der Waals surface area (Å²) in [4.78, 5) is 2.53. The Morgan fingerprint density at radius 2 is 1.95 bits per heavy atom. The minimum atomic E-state index is -4.37. The van der Waals surface area contributed by atoms with Gasteiger partial charge in [-0.1, -0.05) is 17.2 Å². The Labute approximate surface area is 116 Å². The van der Waals surface area contributed by atoms with Gasteiger partial charge in [0.1, 0.15) is 6.67 Å². The summed E-state index contributed by atoms with van der Waals surface area (Å²) in [6.45, 7) is -0.929. The second-order valence-corrected chi connectivity index (χ2v) is 4.84. The van der Waals surface area contributed by atoms with Gasteiger partial charge in [-0.15, -0.1) is 0 Å². The summed E-state index contributed by atoms with van der Waals surface area (Å²) >= 11 is -0.244. The number of hydrogen-bond donors (Lipinski definition) is 0. The molecule has 0 amide bonds. The molecule has 20 heavy (non-hydrogen) atoms. The van der Waals surface area contributed by atoms with Gasteiger partial charge in [-0.3, -0.25) is 4.39 Å². The molecule has 0 saturated carbocycles. The van der Waals surface area contributed by atoms with Crippen LogP contribution in [0.5, 0.6) is 0 Å². The van der Waals surface area contributed by atoms with Crippen LogP contribution in [0.2, 0.25) is 0 Å². The fourth-order valence-corrected chi connectivity index (χ4v) is 2.15. The van der Waals surface area contributed by atoms with Crippen LogP contribution in [-0.4, -0.2) is 25.3 Å². The molecule has 0 unspecified atom stereocenters. The van der Waals surface area contributed by atoms with Crippen molar-refractivity contribution >= 4 is 11.8 Å². The van der Waals surface area contributed by atoms with E-state index in [2.05, 4.69) is 10.0 Å². The van der Waals surface area contributed by atoms with Crippen LogP contribution in [0.15, 0.2) is 34.3 Å². The van der Waals surface area contributed by atoms with Crippen molar-refractivity contribution in [1.82, 2.24) is 0 Å². The van der Waals surface area contributed by atoms with E-state index in [9.17, 15) is 17.6 Å². The summed E-state index contributed by atoms with van der Waals surface area (Å²) < 4.78 is 54.4. The molecule has 0 spiro atoms. The summed E-state index contributed by atoms with van der Waals surface area (Å²) in [5, 5.41) is 3.27. The molecule has 0 fully saturated rings. The van der Waals surface area contributed by atoms with Crippen molar-refractivity contribution in [3.05, 3.63) is 40.3 Å². The predicted octanol–water partition coefficient (Wildman–Crippen LogP) is 4.63. The minimum Gasteiger partial charge on any atom is -0.376 e. The average molecular weight is 309 g/mol. The maximum Gasteiger partial charge on any atom is 0.446 e. The second-order valence-electron chi connectivity index (χ2n) is 3.70. The average Bonchev–Trinajstić information content (AvgIpc) is 2.38. The molecule has 0 aliphatic carbocycles. The highest BCUT2D eigenvalue weighted by atomic mass is 32.2. The normalized spacial score (nSPS) is 14.4.